The predicted octanol–water partition coefficient (Wildman–Crippen LogP) is 5.31. The van der Waals surface area contributed by atoms with E-state index >= 15 is 0 Å². The first-order valence-electron chi connectivity index (χ1n) is 7.78. The predicted molar refractivity (Wildman–Crippen MR) is 98.0 cm³/mol. The van der Waals surface area contributed by atoms with Gasteiger partial charge in [-0.05, 0) is 46.5 Å². The molecule has 0 radical (unpaired) electrons. The highest BCUT2D eigenvalue weighted by Crippen LogP contribution is 2.10. The topological polar surface area (TPSA) is 63.6 Å². The minimum Gasteiger partial charge on any atom is -0.481 e. The van der Waals surface area contributed by atoms with Gasteiger partial charge in [0, 0.05) is 23.5 Å². The van der Waals surface area contributed by atoms with Crippen LogP contribution in [0.15, 0.2) is 0 Å². The highest BCUT2D eigenvalue weighted by Gasteiger charge is 2.15. The number of carbonyl (C=O) groups is 2. The van der Waals surface area contributed by atoms with E-state index in [4.69, 9.17) is 9.84 Å². The van der Waals surface area contributed by atoms with Gasteiger partial charge in [-0.3, -0.25) is 9.59 Å². The molecular weight excluding hydrogens is 416 g/mol. The van der Waals surface area contributed by atoms with Gasteiger partial charge >= 0.3 is 11.9 Å². The molecule has 0 atom stereocenters. The van der Waals surface area contributed by atoms with Crippen molar-refractivity contribution in [1.82, 2.24) is 0 Å². The van der Waals surface area contributed by atoms with Crippen LogP contribution in [0.25, 0.3) is 0 Å². The van der Waals surface area contributed by atoms with Crippen molar-refractivity contribution in [2.45, 2.75) is 77.7 Å². The second-order valence-electron chi connectivity index (χ2n) is 5.98. The first-order chi connectivity index (χ1) is 10.2. The first kappa shape index (κ1) is 24.2. The van der Waals surface area contributed by atoms with Crippen molar-refractivity contribution in [3.05, 3.63) is 0 Å². The maximum atomic E-state index is 11.2. The Bertz CT molecular complexity index is 288. The minimum atomic E-state index is -0.690. The van der Waals surface area contributed by atoms with Crippen molar-refractivity contribution in [3.63, 3.8) is 0 Å². The summed E-state index contributed by atoms with van der Waals surface area (Å²) in [6.07, 6.45) is 6.90. The molecule has 22 heavy (non-hydrogen) atoms. The highest BCUT2D eigenvalue weighted by atomic mass is 79.9. The lowest BCUT2D eigenvalue weighted by molar-refractivity contribution is -0.155. The quantitative estimate of drug-likeness (QED) is 0.281. The van der Waals surface area contributed by atoms with Crippen LogP contribution < -0.4 is 0 Å². The monoisotopic (exact) mass is 444 g/mol. The highest BCUT2D eigenvalue weighted by molar-refractivity contribution is 9.09. The molecule has 4 nitrogen and oxygen atoms in total. The number of halogens is 2. The van der Waals surface area contributed by atoms with Gasteiger partial charge in [0.15, 0.2) is 0 Å². The van der Waals surface area contributed by atoms with Crippen molar-refractivity contribution in [2.24, 2.45) is 0 Å². The Morgan fingerprint density at radius 3 is 1.68 bits per heavy atom. The van der Waals surface area contributed by atoms with Crippen molar-refractivity contribution in [2.75, 3.05) is 10.7 Å². The average molecular weight is 446 g/mol. The Morgan fingerprint density at radius 1 is 0.864 bits per heavy atom. The Balaban J connectivity index is 0. The van der Waals surface area contributed by atoms with Crippen LogP contribution in [0.3, 0.4) is 0 Å². The van der Waals surface area contributed by atoms with Crippen LogP contribution in [-0.4, -0.2) is 33.3 Å². The molecule has 6 heteroatoms. The summed E-state index contributed by atoms with van der Waals surface area (Å²) in [5.74, 6) is -0.772. The van der Waals surface area contributed by atoms with Crippen LogP contribution in [-0.2, 0) is 14.3 Å². The van der Waals surface area contributed by atoms with E-state index in [0.717, 1.165) is 49.2 Å². The van der Waals surface area contributed by atoms with E-state index in [-0.39, 0.29) is 11.6 Å². The Labute approximate surface area is 151 Å². The molecule has 1 N–H and O–H groups in total. The third-order valence-electron chi connectivity index (χ3n) is 2.46. The Hall–Kier alpha value is -0.100. The van der Waals surface area contributed by atoms with E-state index in [1.807, 2.05) is 20.8 Å². The van der Waals surface area contributed by atoms with Gasteiger partial charge in [0.1, 0.15) is 5.60 Å². The number of carbonyl (C=O) groups excluding carboxylic acids is 1. The third-order valence-corrected chi connectivity index (χ3v) is 3.58. The van der Waals surface area contributed by atoms with Crippen LogP contribution >= 0.6 is 31.9 Å². The molecule has 132 valence electrons. The number of hydrogen-bond acceptors (Lipinski definition) is 3. The van der Waals surface area contributed by atoms with Crippen LogP contribution in [0.1, 0.15) is 72.1 Å². The molecule has 0 fully saturated rings. The number of ether oxygens (including phenoxy) is 1. The number of hydrogen-bond donors (Lipinski definition) is 1. The smallest absolute Gasteiger partial charge is 0.306 e. The van der Waals surface area contributed by atoms with Gasteiger partial charge in [0.25, 0.3) is 0 Å². The number of esters is 1. The summed E-state index contributed by atoms with van der Waals surface area (Å²) in [6.45, 7) is 5.68. The minimum absolute atomic E-state index is 0.0814. The van der Waals surface area contributed by atoms with Crippen LogP contribution in [0.4, 0.5) is 0 Å². The van der Waals surface area contributed by atoms with Gasteiger partial charge in [0.05, 0.1) is 0 Å². The summed E-state index contributed by atoms with van der Waals surface area (Å²) >= 11 is 6.62. The lowest BCUT2D eigenvalue weighted by Crippen LogP contribution is -2.23. The zero-order valence-electron chi connectivity index (χ0n) is 14.0. The lowest BCUT2D eigenvalue weighted by atomic mass is 10.2. The summed E-state index contributed by atoms with van der Waals surface area (Å²) in [5.41, 5.74) is -0.341. The number of carboxylic acid groups (broad SMARTS) is 1. The molecule has 0 amide bonds. The number of alkyl halides is 2. The zero-order chi connectivity index (χ0) is 17.4. The van der Waals surface area contributed by atoms with Crippen LogP contribution in [0.2, 0.25) is 0 Å². The fraction of sp³-hybridized carbons (Fsp3) is 0.875. The molecule has 0 rings (SSSR count). The summed E-state index contributed by atoms with van der Waals surface area (Å²) < 4.78 is 5.17. The molecule has 0 saturated carbocycles. The molecule has 0 spiro atoms. The van der Waals surface area contributed by atoms with Crippen LogP contribution in [0.5, 0.6) is 0 Å². The molecule has 0 aromatic rings. The average Bonchev–Trinajstić information content (AvgIpc) is 2.38. The van der Waals surface area contributed by atoms with Gasteiger partial charge < -0.3 is 9.84 Å². The van der Waals surface area contributed by atoms with Gasteiger partial charge in [-0.1, -0.05) is 44.7 Å². The normalized spacial score (nSPS) is 10.6. The molecule has 0 aromatic heterocycles. The van der Waals surface area contributed by atoms with Crippen molar-refractivity contribution in [1.29, 1.82) is 0 Å². The van der Waals surface area contributed by atoms with Gasteiger partial charge in [-0.2, -0.15) is 0 Å². The van der Waals surface area contributed by atoms with E-state index in [9.17, 15) is 9.59 Å². The van der Waals surface area contributed by atoms with E-state index in [1.54, 1.807) is 0 Å². The first-order valence-corrected chi connectivity index (χ1v) is 10.0. The second-order valence-corrected chi connectivity index (χ2v) is 7.57. The third kappa shape index (κ3) is 24.9. The van der Waals surface area contributed by atoms with Gasteiger partial charge in [0.2, 0.25) is 0 Å². The van der Waals surface area contributed by atoms with E-state index in [1.165, 1.54) is 0 Å². The fourth-order valence-electron chi connectivity index (χ4n) is 1.48. The number of unbranched alkanes of at least 4 members (excludes halogenated alkanes) is 4. The molecule has 0 aromatic carbocycles. The summed E-state index contributed by atoms with van der Waals surface area (Å²) in [6, 6.07) is 0. The fourth-order valence-corrected chi connectivity index (χ4v) is 2.27. The standard InChI is InChI=1S/C10H19BrO2.C6H11BrO2/c1-10(2,3)13-9(12)7-5-4-6-8-11;7-5-3-1-2-4-6(8)9/h4-8H2,1-3H3;1-5H2,(H,8,9). The van der Waals surface area contributed by atoms with Crippen LogP contribution in [0, 0.1) is 0 Å². The summed E-state index contributed by atoms with van der Waals surface area (Å²) in [4.78, 5) is 21.1. The Morgan fingerprint density at radius 2 is 1.32 bits per heavy atom. The molecule has 0 bridgehead atoms. The SMILES string of the molecule is CC(C)(C)OC(=O)CCCCCBr.O=C(O)CCCCCBr. The maximum Gasteiger partial charge on any atom is 0.306 e. The number of carboxylic acids is 1. The molecule has 0 unspecified atom stereocenters. The molecular formula is C16H30Br2O4. The van der Waals surface area contributed by atoms with E-state index in [0.29, 0.717) is 12.8 Å². The molecule has 0 heterocycles. The molecule has 0 aliphatic carbocycles. The van der Waals surface area contributed by atoms with Crippen molar-refractivity contribution < 1.29 is 19.4 Å². The summed E-state index contributed by atoms with van der Waals surface area (Å²) in [5, 5.41) is 10.2. The largest absolute Gasteiger partial charge is 0.481 e. The molecule has 0 saturated heterocycles. The van der Waals surface area contributed by atoms with Crippen molar-refractivity contribution in [3.8, 4) is 0 Å². The Kier molecular flexibility index (Phi) is 17.3. The van der Waals surface area contributed by atoms with Crippen molar-refractivity contribution >= 4 is 43.8 Å². The zero-order valence-corrected chi connectivity index (χ0v) is 17.2. The van der Waals surface area contributed by atoms with Gasteiger partial charge in [-0.15, -0.1) is 0 Å². The van der Waals surface area contributed by atoms with E-state index in [2.05, 4.69) is 31.9 Å². The molecule has 0 aliphatic rings. The van der Waals surface area contributed by atoms with Gasteiger partial charge in [-0.25, -0.2) is 0 Å². The van der Waals surface area contributed by atoms with E-state index < -0.39 is 5.97 Å². The number of aliphatic carboxylic acids is 1. The maximum absolute atomic E-state index is 11.2. The second kappa shape index (κ2) is 15.8. The molecule has 0 aliphatic heterocycles. The summed E-state index contributed by atoms with van der Waals surface area (Å²) in [7, 11) is 0. The number of rotatable bonds is 10. The lowest BCUT2D eigenvalue weighted by Gasteiger charge is -2.19.